The number of carbonyl (C=O) groups excluding carboxylic acids is 2. The molecular weight excluding hydrogens is 440 g/mol. The van der Waals surface area contributed by atoms with Gasteiger partial charge in [0.1, 0.15) is 5.75 Å². The van der Waals surface area contributed by atoms with Gasteiger partial charge < -0.3 is 15.4 Å². The lowest BCUT2D eigenvalue weighted by Crippen LogP contribution is -2.20. The Labute approximate surface area is 204 Å². The molecule has 0 bridgehead atoms. The van der Waals surface area contributed by atoms with Crippen molar-refractivity contribution in [3.05, 3.63) is 102 Å². The first-order valence-corrected chi connectivity index (χ1v) is 11.4. The van der Waals surface area contributed by atoms with Crippen LogP contribution >= 0.6 is 0 Å². The third-order valence-corrected chi connectivity index (χ3v) is 5.40. The van der Waals surface area contributed by atoms with E-state index in [1.807, 2.05) is 67.9 Å². The summed E-state index contributed by atoms with van der Waals surface area (Å²) in [7, 11) is 0. The van der Waals surface area contributed by atoms with E-state index >= 15 is 0 Å². The lowest BCUT2D eigenvalue weighted by molar-refractivity contribution is -0.118. The molecule has 0 aliphatic carbocycles. The van der Waals surface area contributed by atoms with Crippen molar-refractivity contribution in [1.29, 1.82) is 0 Å². The number of para-hydroxylation sites is 1. The van der Waals surface area contributed by atoms with Crippen molar-refractivity contribution < 1.29 is 14.3 Å². The van der Waals surface area contributed by atoms with E-state index < -0.39 is 0 Å². The quantitative estimate of drug-likeness (QED) is 0.354. The molecule has 0 aliphatic heterocycles. The number of hydrogen-bond acceptors (Lipinski definition) is 4. The Kier molecular flexibility index (Phi) is 7.26. The molecule has 7 heteroatoms. The lowest BCUT2D eigenvalue weighted by atomic mass is 10.0. The molecule has 0 spiro atoms. The number of rotatable bonds is 8. The van der Waals surface area contributed by atoms with Gasteiger partial charge in [-0.15, -0.1) is 0 Å². The zero-order valence-corrected chi connectivity index (χ0v) is 20.0. The second kappa shape index (κ2) is 10.7. The highest BCUT2D eigenvalue weighted by molar-refractivity contribution is 6.05. The second-order valence-electron chi connectivity index (χ2n) is 8.53. The summed E-state index contributed by atoms with van der Waals surface area (Å²) in [5.74, 6) is 0.0320. The van der Waals surface area contributed by atoms with E-state index in [4.69, 9.17) is 4.74 Å². The SMILES string of the molecule is Cc1ccc(-n2ncc(C(=O)Nc3cccc(OCC(=O)Nc4ccccc4)c3)c2C(C)C)cc1. The molecule has 4 aromatic rings. The molecule has 35 heavy (non-hydrogen) atoms. The summed E-state index contributed by atoms with van der Waals surface area (Å²) in [6, 6.07) is 24.2. The third kappa shape index (κ3) is 5.95. The van der Waals surface area contributed by atoms with E-state index in [1.165, 1.54) is 0 Å². The van der Waals surface area contributed by atoms with Crippen LogP contribution in [0.4, 0.5) is 11.4 Å². The van der Waals surface area contributed by atoms with Crippen molar-refractivity contribution >= 4 is 23.2 Å². The van der Waals surface area contributed by atoms with E-state index in [0.717, 1.165) is 16.9 Å². The summed E-state index contributed by atoms with van der Waals surface area (Å²) in [5.41, 5.74) is 4.67. The van der Waals surface area contributed by atoms with Crippen LogP contribution in [0, 0.1) is 6.92 Å². The summed E-state index contributed by atoms with van der Waals surface area (Å²) in [5, 5.41) is 10.2. The molecule has 2 N–H and O–H groups in total. The van der Waals surface area contributed by atoms with Gasteiger partial charge in [0.25, 0.3) is 11.8 Å². The van der Waals surface area contributed by atoms with Crippen molar-refractivity contribution in [2.75, 3.05) is 17.2 Å². The maximum Gasteiger partial charge on any atom is 0.262 e. The number of hydrogen-bond donors (Lipinski definition) is 2. The van der Waals surface area contributed by atoms with Gasteiger partial charge in [-0.05, 0) is 49.2 Å². The number of anilines is 2. The van der Waals surface area contributed by atoms with Crippen LogP contribution in [-0.2, 0) is 4.79 Å². The van der Waals surface area contributed by atoms with Crippen molar-refractivity contribution in [1.82, 2.24) is 9.78 Å². The lowest BCUT2D eigenvalue weighted by Gasteiger charge is -2.13. The van der Waals surface area contributed by atoms with Crippen LogP contribution < -0.4 is 15.4 Å². The zero-order chi connectivity index (χ0) is 24.8. The fourth-order valence-corrected chi connectivity index (χ4v) is 3.71. The third-order valence-electron chi connectivity index (χ3n) is 5.40. The van der Waals surface area contributed by atoms with Gasteiger partial charge >= 0.3 is 0 Å². The number of carbonyl (C=O) groups is 2. The van der Waals surface area contributed by atoms with Gasteiger partial charge in [0.15, 0.2) is 6.61 Å². The van der Waals surface area contributed by atoms with Crippen molar-refractivity contribution in [2.45, 2.75) is 26.7 Å². The van der Waals surface area contributed by atoms with Crippen molar-refractivity contribution in [3.8, 4) is 11.4 Å². The Morgan fingerprint density at radius 1 is 0.914 bits per heavy atom. The molecule has 0 saturated carbocycles. The minimum Gasteiger partial charge on any atom is -0.484 e. The van der Waals surface area contributed by atoms with E-state index in [2.05, 4.69) is 15.7 Å². The smallest absolute Gasteiger partial charge is 0.262 e. The molecule has 4 rings (SSSR count). The molecule has 0 unspecified atom stereocenters. The average Bonchev–Trinajstić information content (AvgIpc) is 3.30. The highest BCUT2D eigenvalue weighted by Gasteiger charge is 2.21. The van der Waals surface area contributed by atoms with Crippen molar-refractivity contribution in [2.24, 2.45) is 0 Å². The minimum atomic E-state index is -0.268. The van der Waals surface area contributed by atoms with Gasteiger partial charge in [0.05, 0.1) is 23.1 Å². The van der Waals surface area contributed by atoms with Crippen LogP contribution in [0.15, 0.2) is 85.1 Å². The average molecular weight is 469 g/mol. The van der Waals surface area contributed by atoms with Crippen LogP contribution in [0.3, 0.4) is 0 Å². The van der Waals surface area contributed by atoms with Gasteiger partial charge in [-0.3, -0.25) is 9.59 Å². The van der Waals surface area contributed by atoms with Gasteiger partial charge in [0, 0.05) is 17.4 Å². The van der Waals surface area contributed by atoms with Crippen molar-refractivity contribution in [3.63, 3.8) is 0 Å². The topological polar surface area (TPSA) is 85.2 Å². The number of ether oxygens (including phenoxy) is 1. The molecule has 0 saturated heterocycles. The molecule has 0 radical (unpaired) electrons. The summed E-state index contributed by atoms with van der Waals surface area (Å²) >= 11 is 0. The number of amides is 2. The minimum absolute atomic E-state index is 0.0809. The Hall–Kier alpha value is -4.39. The van der Waals surface area contributed by atoms with E-state index in [0.29, 0.717) is 22.7 Å². The summed E-state index contributed by atoms with van der Waals surface area (Å²) < 4.78 is 7.43. The summed E-state index contributed by atoms with van der Waals surface area (Å²) in [6.45, 7) is 5.95. The first kappa shape index (κ1) is 23.8. The molecule has 3 aromatic carbocycles. The van der Waals surface area contributed by atoms with Gasteiger partial charge in [-0.25, -0.2) is 4.68 Å². The Morgan fingerprint density at radius 2 is 1.63 bits per heavy atom. The van der Waals surface area contributed by atoms with Crippen LogP contribution in [0.2, 0.25) is 0 Å². The largest absolute Gasteiger partial charge is 0.484 e. The zero-order valence-electron chi connectivity index (χ0n) is 20.0. The Balaban J connectivity index is 1.44. The number of nitrogens with one attached hydrogen (secondary N) is 2. The fourth-order valence-electron chi connectivity index (χ4n) is 3.71. The van der Waals surface area contributed by atoms with Crippen LogP contribution in [0.5, 0.6) is 5.75 Å². The fraction of sp³-hybridized carbons (Fsp3) is 0.179. The number of benzene rings is 3. The molecule has 0 fully saturated rings. The van der Waals surface area contributed by atoms with Gasteiger partial charge in [0.2, 0.25) is 0 Å². The molecule has 0 atom stereocenters. The Bertz CT molecular complexity index is 1310. The maximum atomic E-state index is 13.1. The number of nitrogens with zero attached hydrogens (tertiary/aromatic N) is 2. The number of aromatic nitrogens is 2. The predicted molar refractivity (Wildman–Crippen MR) is 137 cm³/mol. The number of aryl methyl sites for hydroxylation is 1. The van der Waals surface area contributed by atoms with Crippen LogP contribution in [0.1, 0.15) is 41.4 Å². The first-order valence-electron chi connectivity index (χ1n) is 11.4. The molecule has 7 nitrogen and oxygen atoms in total. The summed E-state index contributed by atoms with van der Waals surface area (Å²) in [6.07, 6.45) is 1.60. The molecule has 1 heterocycles. The van der Waals surface area contributed by atoms with Crippen LogP contribution in [-0.4, -0.2) is 28.2 Å². The van der Waals surface area contributed by atoms with Gasteiger partial charge in [-0.2, -0.15) is 5.10 Å². The highest BCUT2D eigenvalue weighted by Crippen LogP contribution is 2.25. The highest BCUT2D eigenvalue weighted by atomic mass is 16.5. The predicted octanol–water partition coefficient (Wildman–Crippen LogP) is 5.57. The standard InChI is InChI=1S/C28H28N4O3/c1-19(2)27-25(17-29-32(27)23-14-12-20(3)13-15-23)28(34)31-22-10-7-11-24(16-22)35-18-26(33)30-21-8-5-4-6-9-21/h4-17,19H,18H2,1-3H3,(H,30,33)(H,31,34). The Morgan fingerprint density at radius 3 is 2.34 bits per heavy atom. The first-order chi connectivity index (χ1) is 16.9. The van der Waals surface area contributed by atoms with E-state index in [9.17, 15) is 9.59 Å². The maximum absolute atomic E-state index is 13.1. The summed E-state index contributed by atoms with van der Waals surface area (Å²) in [4.78, 5) is 25.3. The van der Waals surface area contributed by atoms with Crippen LogP contribution in [0.25, 0.3) is 5.69 Å². The van der Waals surface area contributed by atoms with Gasteiger partial charge in [-0.1, -0.05) is 55.8 Å². The molecular formula is C28H28N4O3. The molecule has 1 aromatic heterocycles. The molecule has 0 aliphatic rings. The molecule has 2 amide bonds. The van der Waals surface area contributed by atoms with E-state index in [1.54, 1.807) is 42.6 Å². The van der Waals surface area contributed by atoms with E-state index in [-0.39, 0.29) is 24.3 Å². The monoisotopic (exact) mass is 468 g/mol. The second-order valence-corrected chi connectivity index (χ2v) is 8.53. The molecule has 178 valence electrons. The normalized spacial score (nSPS) is 10.7.